The topological polar surface area (TPSA) is 0 Å². The molecule has 0 radical (unpaired) electrons. The Balaban J connectivity index is 3.25. The zero-order chi connectivity index (χ0) is 8.43. The van der Waals surface area contributed by atoms with Crippen LogP contribution in [0.5, 0.6) is 0 Å². The van der Waals surface area contributed by atoms with Gasteiger partial charge in [-0.2, -0.15) is 0 Å². The van der Waals surface area contributed by atoms with Crippen molar-refractivity contribution >= 4 is 0 Å². The van der Waals surface area contributed by atoms with Crippen LogP contribution in [0.25, 0.3) is 0 Å². The standard InChI is InChI=1S/C8H7F3/c1-5-6(4-9)2-3-7(10)8(5)11/h2-3H,4H2,1H3. The lowest BCUT2D eigenvalue weighted by atomic mass is 10.1. The van der Waals surface area contributed by atoms with Crippen molar-refractivity contribution in [2.75, 3.05) is 0 Å². The number of alkyl halides is 1. The highest BCUT2D eigenvalue weighted by Gasteiger charge is 2.08. The van der Waals surface area contributed by atoms with Crippen LogP contribution < -0.4 is 0 Å². The molecule has 0 aliphatic rings. The van der Waals surface area contributed by atoms with E-state index in [1.165, 1.54) is 13.0 Å². The van der Waals surface area contributed by atoms with Crippen molar-refractivity contribution < 1.29 is 13.2 Å². The van der Waals surface area contributed by atoms with Crippen LogP contribution in [0.4, 0.5) is 13.2 Å². The van der Waals surface area contributed by atoms with Gasteiger partial charge in [-0.25, -0.2) is 13.2 Å². The second-order valence-electron chi connectivity index (χ2n) is 2.28. The van der Waals surface area contributed by atoms with Crippen LogP contribution in [0.1, 0.15) is 11.1 Å². The molecule has 0 aromatic heterocycles. The monoisotopic (exact) mass is 160 g/mol. The quantitative estimate of drug-likeness (QED) is 0.592. The molecule has 1 aromatic rings. The third kappa shape index (κ3) is 1.37. The molecule has 0 unspecified atom stereocenters. The van der Waals surface area contributed by atoms with Gasteiger partial charge in [0, 0.05) is 0 Å². The molecular formula is C8H7F3. The molecule has 0 heterocycles. The smallest absolute Gasteiger partial charge is 0.162 e. The van der Waals surface area contributed by atoms with Crippen LogP contribution in [-0.4, -0.2) is 0 Å². The van der Waals surface area contributed by atoms with Gasteiger partial charge in [0.05, 0.1) is 0 Å². The number of hydrogen-bond donors (Lipinski definition) is 0. The summed E-state index contributed by atoms with van der Waals surface area (Å²) in [7, 11) is 0. The fourth-order valence-electron chi connectivity index (χ4n) is 0.837. The Morgan fingerprint density at radius 2 is 1.91 bits per heavy atom. The fourth-order valence-corrected chi connectivity index (χ4v) is 0.837. The Labute approximate surface area is 62.7 Å². The van der Waals surface area contributed by atoms with Crippen LogP contribution in [0.3, 0.4) is 0 Å². The second-order valence-corrected chi connectivity index (χ2v) is 2.28. The summed E-state index contributed by atoms with van der Waals surface area (Å²) in [4.78, 5) is 0. The molecule has 0 saturated carbocycles. The molecule has 0 spiro atoms. The maximum atomic E-state index is 12.6. The van der Waals surface area contributed by atoms with Gasteiger partial charge in [-0.3, -0.25) is 0 Å². The molecule has 1 rings (SSSR count). The van der Waals surface area contributed by atoms with Crippen LogP contribution in [0, 0.1) is 18.6 Å². The Hall–Kier alpha value is -0.990. The highest BCUT2D eigenvalue weighted by molar-refractivity contribution is 5.27. The fraction of sp³-hybridized carbons (Fsp3) is 0.250. The summed E-state index contributed by atoms with van der Waals surface area (Å²) in [6.07, 6.45) is 0. The summed E-state index contributed by atoms with van der Waals surface area (Å²) < 4.78 is 37.0. The van der Waals surface area contributed by atoms with Gasteiger partial charge in [-0.05, 0) is 24.1 Å². The number of hydrogen-bond acceptors (Lipinski definition) is 0. The van der Waals surface area contributed by atoms with Gasteiger partial charge < -0.3 is 0 Å². The second kappa shape index (κ2) is 2.95. The third-order valence-electron chi connectivity index (χ3n) is 1.60. The van der Waals surface area contributed by atoms with Crippen molar-refractivity contribution in [3.05, 3.63) is 34.9 Å². The predicted octanol–water partition coefficient (Wildman–Crippen LogP) is 2.74. The average Bonchev–Trinajstić information content (AvgIpc) is 2.01. The van der Waals surface area contributed by atoms with Crippen molar-refractivity contribution in [2.24, 2.45) is 0 Å². The van der Waals surface area contributed by atoms with Gasteiger partial charge in [-0.15, -0.1) is 0 Å². The first kappa shape index (κ1) is 8.11. The van der Waals surface area contributed by atoms with E-state index in [4.69, 9.17) is 0 Å². The first-order valence-electron chi connectivity index (χ1n) is 3.16. The van der Waals surface area contributed by atoms with Crippen molar-refractivity contribution in [1.82, 2.24) is 0 Å². The van der Waals surface area contributed by atoms with Crippen molar-refractivity contribution in [3.63, 3.8) is 0 Å². The Morgan fingerprint density at radius 3 is 2.45 bits per heavy atom. The van der Waals surface area contributed by atoms with E-state index in [9.17, 15) is 13.2 Å². The average molecular weight is 160 g/mol. The van der Waals surface area contributed by atoms with E-state index in [1.807, 2.05) is 0 Å². The van der Waals surface area contributed by atoms with E-state index in [-0.39, 0.29) is 11.1 Å². The molecule has 0 N–H and O–H groups in total. The van der Waals surface area contributed by atoms with E-state index in [1.54, 1.807) is 0 Å². The summed E-state index contributed by atoms with van der Waals surface area (Å²) in [6.45, 7) is 0.594. The van der Waals surface area contributed by atoms with E-state index < -0.39 is 18.3 Å². The van der Waals surface area contributed by atoms with E-state index >= 15 is 0 Å². The minimum atomic E-state index is -0.958. The van der Waals surface area contributed by atoms with Crippen LogP contribution >= 0.6 is 0 Å². The van der Waals surface area contributed by atoms with Gasteiger partial charge in [0.25, 0.3) is 0 Å². The van der Waals surface area contributed by atoms with Gasteiger partial charge in [0.15, 0.2) is 11.6 Å². The van der Waals surface area contributed by atoms with Crippen LogP contribution in [0.2, 0.25) is 0 Å². The van der Waals surface area contributed by atoms with E-state index in [0.717, 1.165) is 6.07 Å². The maximum absolute atomic E-state index is 12.6. The number of halogens is 3. The maximum Gasteiger partial charge on any atom is 0.162 e. The molecule has 1 aromatic carbocycles. The molecule has 0 nitrogen and oxygen atoms in total. The van der Waals surface area contributed by atoms with Gasteiger partial charge in [0.1, 0.15) is 6.67 Å². The number of rotatable bonds is 1. The highest BCUT2D eigenvalue weighted by atomic mass is 19.2. The van der Waals surface area contributed by atoms with Crippen LogP contribution in [0.15, 0.2) is 12.1 Å². The molecule has 3 heteroatoms. The van der Waals surface area contributed by atoms with Crippen molar-refractivity contribution in [1.29, 1.82) is 0 Å². The molecule has 0 bridgehead atoms. The van der Waals surface area contributed by atoms with E-state index in [2.05, 4.69) is 0 Å². The Bertz CT molecular complexity index is 268. The molecule has 60 valence electrons. The highest BCUT2D eigenvalue weighted by Crippen LogP contribution is 2.16. The summed E-state index contributed by atoms with van der Waals surface area (Å²) in [5, 5.41) is 0. The first-order chi connectivity index (χ1) is 5.16. The molecule has 0 aliphatic carbocycles. The molecule has 0 fully saturated rings. The van der Waals surface area contributed by atoms with Crippen molar-refractivity contribution in [3.8, 4) is 0 Å². The lowest BCUT2D eigenvalue weighted by Crippen LogP contribution is -1.93. The summed E-state index contributed by atoms with van der Waals surface area (Å²) in [5.74, 6) is -1.89. The lowest BCUT2D eigenvalue weighted by Gasteiger charge is -2.01. The largest absolute Gasteiger partial charge is 0.246 e. The summed E-state index contributed by atoms with van der Waals surface area (Å²) in [5.41, 5.74) is 0.247. The lowest BCUT2D eigenvalue weighted by molar-refractivity contribution is 0.467. The number of benzene rings is 1. The van der Waals surface area contributed by atoms with Crippen molar-refractivity contribution in [2.45, 2.75) is 13.6 Å². The zero-order valence-electron chi connectivity index (χ0n) is 6.00. The summed E-state index contributed by atoms with van der Waals surface area (Å²) in [6, 6.07) is 2.17. The Kier molecular flexibility index (Phi) is 2.17. The first-order valence-corrected chi connectivity index (χ1v) is 3.16. The molecule has 0 atom stereocenters. The van der Waals surface area contributed by atoms with Crippen LogP contribution in [-0.2, 0) is 6.67 Å². The molecule has 0 aliphatic heterocycles. The minimum absolute atomic E-state index is 0.0486. The normalized spacial score (nSPS) is 10.2. The van der Waals surface area contributed by atoms with Gasteiger partial charge >= 0.3 is 0 Å². The molecule has 11 heavy (non-hydrogen) atoms. The molecular weight excluding hydrogens is 153 g/mol. The predicted molar refractivity (Wildman–Crippen MR) is 35.9 cm³/mol. The summed E-state index contributed by atoms with van der Waals surface area (Å²) >= 11 is 0. The zero-order valence-corrected chi connectivity index (χ0v) is 6.00. The third-order valence-corrected chi connectivity index (χ3v) is 1.60. The molecule has 0 amide bonds. The minimum Gasteiger partial charge on any atom is -0.246 e. The van der Waals surface area contributed by atoms with Gasteiger partial charge in [-0.1, -0.05) is 6.07 Å². The van der Waals surface area contributed by atoms with E-state index in [0.29, 0.717) is 0 Å². The Morgan fingerprint density at radius 1 is 1.27 bits per heavy atom. The molecule has 0 saturated heterocycles. The SMILES string of the molecule is Cc1c(CF)ccc(F)c1F. The van der Waals surface area contributed by atoms with Gasteiger partial charge in [0.2, 0.25) is 0 Å².